The molecule has 5 heteroatoms. The van der Waals surface area contributed by atoms with Crippen molar-refractivity contribution in [3.63, 3.8) is 0 Å². The van der Waals surface area contributed by atoms with Gasteiger partial charge in [0.05, 0.1) is 22.4 Å². The summed E-state index contributed by atoms with van der Waals surface area (Å²) < 4.78 is 0. The SMILES string of the molecule is CCCCc1nc(-c2ccncc2Cl)nc2cnccc12. The van der Waals surface area contributed by atoms with Crippen LogP contribution in [0.3, 0.4) is 0 Å². The summed E-state index contributed by atoms with van der Waals surface area (Å²) in [5, 5.41) is 1.62. The van der Waals surface area contributed by atoms with Gasteiger partial charge in [-0.05, 0) is 25.0 Å². The monoisotopic (exact) mass is 298 g/mol. The first-order chi connectivity index (χ1) is 10.3. The Morgan fingerprint density at radius 1 is 1.05 bits per heavy atom. The van der Waals surface area contributed by atoms with E-state index in [-0.39, 0.29) is 0 Å². The second-order valence-electron chi connectivity index (χ2n) is 4.85. The van der Waals surface area contributed by atoms with Crippen molar-refractivity contribution in [2.24, 2.45) is 0 Å². The highest BCUT2D eigenvalue weighted by molar-refractivity contribution is 6.33. The van der Waals surface area contributed by atoms with Crippen LogP contribution in [0.5, 0.6) is 0 Å². The molecule has 4 nitrogen and oxygen atoms in total. The van der Waals surface area contributed by atoms with Gasteiger partial charge in [-0.15, -0.1) is 0 Å². The number of pyridine rings is 2. The molecule has 0 saturated heterocycles. The first kappa shape index (κ1) is 13.9. The molecule has 0 aliphatic heterocycles. The van der Waals surface area contributed by atoms with E-state index >= 15 is 0 Å². The Bertz CT molecular complexity index is 773. The maximum atomic E-state index is 6.21. The van der Waals surface area contributed by atoms with Crippen molar-refractivity contribution in [1.82, 2.24) is 19.9 Å². The van der Waals surface area contributed by atoms with Crippen molar-refractivity contribution in [3.05, 3.63) is 47.6 Å². The molecule has 3 heterocycles. The highest BCUT2D eigenvalue weighted by Gasteiger charge is 2.11. The third-order valence-electron chi connectivity index (χ3n) is 3.36. The standard InChI is InChI=1S/C16H15ClN4/c1-2-3-4-14-12-6-8-19-10-15(12)21-16(20-14)11-5-7-18-9-13(11)17/h5-10H,2-4H2,1H3. The molecule has 0 aromatic carbocycles. The minimum absolute atomic E-state index is 0.558. The number of rotatable bonds is 4. The Morgan fingerprint density at radius 2 is 1.86 bits per heavy atom. The van der Waals surface area contributed by atoms with E-state index in [0.29, 0.717) is 10.8 Å². The highest BCUT2D eigenvalue weighted by atomic mass is 35.5. The lowest BCUT2D eigenvalue weighted by Gasteiger charge is -2.09. The topological polar surface area (TPSA) is 51.6 Å². The normalized spacial score (nSPS) is 11.0. The van der Waals surface area contributed by atoms with Gasteiger partial charge in [-0.2, -0.15) is 0 Å². The van der Waals surface area contributed by atoms with Crippen LogP contribution in [0.4, 0.5) is 0 Å². The van der Waals surface area contributed by atoms with Gasteiger partial charge in [0, 0.05) is 29.5 Å². The van der Waals surface area contributed by atoms with E-state index < -0.39 is 0 Å². The molecule has 0 saturated carbocycles. The highest BCUT2D eigenvalue weighted by Crippen LogP contribution is 2.26. The molecule has 0 aliphatic carbocycles. The van der Waals surface area contributed by atoms with Crippen LogP contribution in [-0.2, 0) is 6.42 Å². The average molecular weight is 299 g/mol. The number of hydrogen-bond acceptors (Lipinski definition) is 4. The molecule has 0 bridgehead atoms. The number of nitrogens with zero attached hydrogens (tertiary/aromatic N) is 4. The van der Waals surface area contributed by atoms with Crippen molar-refractivity contribution in [1.29, 1.82) is 0 Å². The smallest absolute Gasteiger partial charge is 0.161 e. The van der Waals surface area contributed by atoms with Crippen LogP contribution in [0.2, 0.25) is 5.02 Å². The van der Waals surface area contributed by atoms with Crippen molar-refractivity contribution in [3.8, 4) is 11.4 Å². The summed E-state index contributed by atoms with van der Waals surface area (Å²) in [6, 6.07) is 3.81. The molecular formula is C16H15ClN4. The number of fused-ring (bicyclic) bond motifs is 1. The summed E-state index contributed by atoms with van der Waals surface area (Å²) in [4.78, 5) is 17.5. The summed E-state index contributed by atoms with van der Waals surface area (Å²) in [5.41, 5.74) is 2.70. The van der Waals surface area contributed by atoms with Crippen LogP contribution in [0.25, 0.3) is 22.3 Å². The molecule has 0 aliphatic rings. The van der Waals surface area contributed by atoms with Crippen molar-refractivity contribution >= 4 is 22.5 Å². The molecule has 0 radical (unpaired) electrons. The lowest BCUT2D eigenvalue weighted by Crippen LogP contribution is -1.99. The first-order valence-corrected chi connectivity index (χ1v) is 7.38. The van der Waals surface area contributed by atoms with Crippen molar-refractivity contribution in [2.45, 2.75) is 26.2 Å². The van der Waals surface area contributed by atoms with Gasteiger partial charge in [0.15, 0.2) is 5.82 Å². The molecule has 0 unspecified atom stereocenters. The van der Waals surface area contributed by atoms with Gasteiger partial charge in [0.25, 0.3) is 0 Å². The fourth-order valence-electron chi connectivity index (χ4n) is 2.26. The van der Waals surface area contributed by atoms with Crippen LogP contribution in [0.15, 0.2) is 36.9 Å². The van der Waals surface area contributed by atoms with Gasteiger partial charge >= 0.3 is 0 Å². The number of hydrogen-bond donors (Lipinski definition) is 0. The molecule has 3 aromatic heterocycles. The van der Waals surface area contributed by atoms with Gasteiger partial charge < -0.3 is 0 Å². The fourth-order valence-corrected chi connectivity index (χ4v) is 2.46. The van der Waals surface area contributed by atoms with E-state index in [1.807, 2.05) is 12.1 Å². The van der Waals surface area contributed by atoms with Crippen LogP contribution in [-0.4, -0.2) is 19.9 Å². The van der Waals surface area contributed by atoms with E-state index in [9.17, 15) is 0 Å². The molecule has 0 atom stereocenters. The zero-order valence-corrected chi connectivity index (χ0v) is 12.5. The Morgan fingerprint density at radius 3 is 2.67 bits per heavy atom. The quantitative estimate of drug-likeness (QED) is 0.728. The number of aromatic nitrogens is 4. The summed E-state index contributed by atoms with van der Waals surface area (Å²) in [6.45, 7) is 2.17. The van der Waals surface area contributed by atoms with E-state index in [1.165, 1.54) is 0 Å². The molecule has 0 fully saturated rings. The van der Waals surface area contributed by atoms with Crippen molar-refractivity contribution < 1.29 is 0 Å². The molecule has 3 aromatic rings. The molecule has 0 N–H and O–H groups in total. The zero-order chi connectivity index (χ0) is 14.7. The molecular weight excluding hydrogens is 284 g/mol. The largest absolute Gasteiger partial charge is 0.263 e. The predicted molar refractivity (Wildman–Crippen MR) is 84.2 cm³/mol. The van der Waals surface area contributed by atoms with E-state index in [2.05, 4.69) is 21.9 Å². The van der Waals surface area contributed by atoms with E-state index in [1.54, 1.807) is 24.8 Å². The molecule has 0 spiro atoms. The fraction of sp³-hybridized carbons (Fsp3) is 0.250. The van der Waals surface area contributed by atoms with Gasteiger partial charge in [0.2, 0.25) is 0 Å². The number of aryl methyl sites for hydroxylation is 1. The Labute approximate surface area is 128 Å². The second kappa shape index (κ2) is 6.14. The van der Waals surface area contributed by atoms with Crippen LogP contribution in [0.1, 0.15) is 25.5 Å². The number of unbranched alkanes of at least 4 members (excludes halogenated alkanes) is 1. The molecule has 0 amide bonds. The van der Waals surface area contributed by atoms with Gasteiger partial charge in [-0.25, -0.2) is 9.97 Å². The lowest BCUT2D eigenvalue weighted by atomic mass is 10.1. The summed E-state index contributed by atoms with van der Waals surface area (Å²) in [6.07, 6.45) is 10.0. The Hall–Kier alpha value is -2.07. The van der Waals surface area contributed by atoms with Gasteiger partial charge in [0.1, 0.15) is 0 Å². The second-order valence-corrected chi connectivity index (χ2v) is 5.25. The molecule has 3 rings (SSSR count). The van der Waals surface area contributed by atoms with Crippen LogP contribution >= 0.6 is 11.6 Å². The summed E-state index contributed by atoms with van der Waals surface area (Å²) in [7, 11) is 0. The minimum Gasteiger partial charge on any atom is -0.263 e. The predicted octanol–water partition coefficient (Wildman–Crippen LogP) is 4.08. The Kier molecular flexibility index (Phi) is 4.06. The zero-order valence-electron chi connectivity index (χ0n) is 11.8. The summed E-state index contributed by atoms with van der Waals surface area (Å²) >= 11 is 6.21. The molecule has 21 heavy (non-hydrogen) atoms. The van der Waals surface area contributed by atoms with Crippen LogP contribution in [0, 0.1) is 0 Å². The average Bonchev–Trinajstić information content (AvgIpc) is 2.53. The van der Waals surface area contributed by atoms with E-state index in [4.69, 9.17) is 16.6 Å². The maximum absolute atomic E-state index is 6.21. The third-order valence-corrected chi connectivity index (χ3v) is 3.66. The maximum Gasteiger partial charge on any atom is 0.161 e. The van der Waals surface area contributed by atoms with Crippen LogP contribution < -0.4 is 0 Å². The van der Waals surface area contributed by atoms with Gasteiger partial charge in [-0.1, -0.05) is 24.9 Å². The van der Waals surface area contributed by atoms with E-state index in [0.717, 1.165) is 41.4 Å². The minimum atomic E-state index is 0.558. The Balaban J connectivity index is 2.18. The third kappa shape index (κ3) is 2.85. The molecule has 106 valence electrons. The lowest BCUT2D eigenvalue weighted by molar-refractivity contribution is 0.781. The summed E-state index contributed by atoms with van der Waals surface area (Å²) in [5.74, 6) is 0.633. The van der Waals surface area contributed by atoms with Gasteiger partial charge in [-0.3, -0.25) is 9.97 Å². The number of halogens is 1. The van der Waals surface area contributed by atoms with Crippen molar-refractivity contribution in [2.75, 3.05) is 0 Å². The first-order valence-electron chi connectivity index (χ1n) is 7.00.